The Balaban J connectivity index is 1.63. The lowest BCUT2D eigenvalue weighted by atomic mass is 10.1. The second-order valence-electron chi connectivity index (χ2n) is 4.54. The van der Waals surface area contributed by atoms with Crippen LogP contribution in [0.25, 0.3) is 0 Å². The number of hydrogen-bond acceptors (Lipinski definition) is 4. The molecule has 0 saturated heterocycles. The van der Waals surface area contributed by atoms with Crippen molar-refractivity contribution in [3.05, 3.63) is 43.7 Å². The standard InChI is InChI=1S/C15H14INO3S/c16-13-5-4-10(21-13)6-7-17-15(18)11-2-1-3-12-14(11)20-9-8-19-12/h1-5H,6-9H2,(H,17,18). The Morgan fingerprint density at radius 3 is 2.90 bits per heavy atom. The Labute approximate surface area is 140 Å². The van der Waals surface area contributed by atoms with E-state index < -0.39 is 0 Å². The number of halogens is 1. The Morgan fingerprint density at radius 1 is 1.24 bits per heavy atom. The smallest absolute Gasteiger partial charge is 0.255 e. The third-order valence-corrected chi connectivity index (χ3v) is 5.05. The van der Waals surface area contributed by atoms with E-state index in [1.165, 1.54) is 7.76 Å². The van der Waals surface area contributed by atoms with E-state index in [9.17, 15) is 4.79 Å². The van der Waals surface area contributed by atoms with Gasteiger partial charge in [0.1, 0.15) is 13.2 Å². The Morgan fingerprint density at radius 2 is 2.10 bits per heavy atom. The summed E-state index contributed by atoms with van der Waals surface area (Å²) in [6.45, 7) is 1.61. The summed E-state index contributed by atoms with van der Waals surface area (Å²) in [5.41, 5.74) is 0.535. The van der Waals surface area contributed by atoms with Gasteiger partial charge in [0.05, 0.1) is 8.45 Å². The molecule has 2 aromatic rings. The molecule has 1 amide bonds. The molecule has 4 nitrogen and oxygen atoms in total. The molecule has 0 bridgehead atoms. The first-order valence-electron chi connectivity index (χ1n) is 6.65. The van der Waals surface area contributed by atoms with E-state index in [1.807, 2.05) is 12.1 Å². The highest BCUT2D eigenvalue weighted by atomic mass is 127. The first-order chi connectivity index (χ1) is 10.2. The highest BCUT2D eigenvalue weighted by molar-refractivity contribution is 14.1. The van der Waals surface area contributed by atoms with E-state index in [2.05, 4.69) is 40.0 Å². The number of benzene rings is 1. The summed E-state index contributed by atoms with van der Waals surface area (Å²) in [6, 6.07) is 9.57. The van der Waals surface area contributed by atoms with Crippen LogP contribution in [0.2, 0.25) is 0 Å². The lowest BCUT2D eigenvalue weighted by Crippen LogP contribution is -2.27. The van der Waals surface area contributed by atoms with Gasteiger partial charge < -0.3 is 14.8 Å². The van der Waals surface area contributed by atoms with Crippen LogP contribution in [0.15, 0.2) is 30.3 Å². The molecule has 3 rings (SSSR count). The number of ether oxygens (including phenoxy) is 2. The van der Waals surface area contributed by atoms with Crippen molar-refractivity contribution in [2.45, 2.75) is 6.42 Å². The van der Waals surface area contributed by atoms with Crippen LogP contribution in [-0.4, -0.2) is 25.7 Å². The number of hydrogen-bond donors (Lipinski definition) is 1. The lowest BCUT2D eigenvalue weighted by molar-refractivity contribution is 0.0943. The van der Waals surface area contributed by atoms with Crippen molar-refractivity contribution in [3.8, 4) is 11.5 Å². The maximum Gasteiger partial charge on any atom is 0.255 e. The summed E-state index contributed by atoms with van der Waals surface area (Å²) in [7, 11) is 0. The fraction of sp³-hybridized carbons (Fsp3) is 0.267. The van der Waals surface area contributed by atoms with Gasteiger partial charge in [-0.15, -0.1) is 11.3 Å². The van der Waals surface area contributed by atoms with Crippen molar-refractivity contribution in [2.24, 2.45) is 0 Å². The van der Waals surface area contributed by atoms with Gasteiger partial charge in [0.15, 0.2) is 11.5 Å². The average Bonchev–Trinajstić information content (AvgIpc) is 2.92. The number of fused-ring (bicyclic) bond motifs is 1. The van der Waals surface area contributed by atoms with Crippen LogP contribution < -0.4 is 14.8 Å². The molecule has 1 N–H and O–H groups in total. The van der Waals surface area contributed by atoms with Gasteiger partial charge in [-0.25, -0.2) is 0 Å². The molecule has 1 aliphatic rings. The quantitative estimate of drug-likeness (QED) is 0.781. The highest BCUT2D eigenvalue weighted by Crippen LogP contribution is 2.33. The largest absolute Gasteiger partial charge is 0.486 e. The Kier molecular flexibility index (Phi) is 4.64. The number of nitrogens with one attached hydrogen (secondary N) is 1. The molecular weight excluding hydrogens is 401 g/mol. The number of para-hydroxylation sites is 1. The zero-order chi connectivity index (χ0) is 14.7. The Bertz CT molecular complexity index is 656. The first kappa shape index (κ1) is 14.6. The summed E-state index contributed by atoms with van der Waals surface area (Å²) in [5, 5.41) is 2.94. The van der Waals surface area contributed by atoms with Gasteiger partial charge in [-0.1, -0.05) is 6.07 Å². The van der Waals surface area contributed by atoms with Crippen molar-refractivity contribution in [3.63, 3.8) is 0 Å². The molecule has 1 aliphatic heterocycles. The number of amides is 1. The van der Waals surface area contributed by atoms with Crippen LogP contribution >= 0.6 is 33.9 Å². The molecule has 110 valence electrons. The molecule has 0 radical (unpaired) electrons. The first-order valence-corrected chi connectivity index (χ1v) is 8.54. The third kappa shape index (κ3) is 3.49. The monoisotopic (exact) mass is 415 g/mol. The fourth-order valence-electron chi connectivity index (χ4n) is 2.13. The van der Waals surface area contributed by atoms with Crippen LogP contribution in [0, 0.1) is 2.88 Å². The minimum atomic E-state index is -0.122. The van der Waals surface area contributed by atoms with Gasteiger partial charge in [-0.05, 0) is 53.3 Å². The van der Waals surface area contributed by atoms with Crippen LogP contribution in [0.1, 0.15) is 15.2 Å². The molecule has 21 heavy (non-hydrogen) atoms. The normalized spacial score (nSPS) is 13.0. The molecule has 2 heterocycles. The van der Waals surface area contributed by atoms with E-state index in [1.54, 1.807) is 17.4 Å². The number of thiophene rings is 1. The Hall–Kier alpha value is -1.28. The summed E-state index contributed by atoms with van der Waals surface area (Å²) in [5.74, 6) is 1.07. The van der Waals surface area contributed by atoms with Crippen LogP contribution in [-0.2, 0) is 6.42 Å². The minimum Gasteiger partial charge on any atom is -0.486 e. The van der Waals surface area contributed by atoms with Gasteiger partial charge in [-0.2, -0.15) is 0 Å². The second-order valence-corrected chi connectivity index (χ2v) is 7.60. The SMILES string of the molecule is O=C(NCCc1ccc(I)s1)c1cccc2c1OCCO2. The summed E-state index contributed by atoms with van der Waals surface area (Å²) < 4.78 is 12.3. The molecule has 0 spiro atoms. The predicted octanol–water partition coefficient (Wildman–Crippen LogP) is 3.10. The van der Waals surface area contributed by atoms with Crippen LogP contribution in [0.3, 0.4) is 0 Å². The summed E-state index contributed by atoms with van der Waals surface area (Å²) in [6.07, 6.45) is 0.839. The van der Waals surface area contributed by atoms with Gasteiger partial charge in [0.25, 0.3) is 5.91 Å². The number of rotatable bonds is 4. The highest BCUT2D eigenvalue weighted by Gasteiger charge is 2.19. The van der Waals surface area contributed by atoms with E-state index in [0.29, 0.717) is 36.8 Å². The third-order valence-electron chi connectivity index (χ3n) is 3.10. The zero-order valence-corrected chi connectivity index (χ0v) is 14.2. The van der Waals surface area contributed by atoms with Gasteiger partial charge >= 0.3 is 0 Å². The van der Waals surface area contributed by atoms with Crippen molar-refractivity contribution in [1.82, 2.24) is 5.32 Å². The number of carbonyl (C=O) groups is 1. The fourth-order valence-corrected chi connectivity index (χ4v) is 3.89. The van der Waals surface area contributed by atoms with Gasteiger partial charge in [0, 0.05) is 11.4 Å². The second kappa shape index (κ2) is 6.65. The molecule has 0 saturated carbocycles. The maximum absolute atomic E-state index is 12.3. The molecule has 0 atom stereocenters. The van der Waals surface area contributed by atoms with E-state index in [4.69, 9.17) is 9.47 Å². The molecule has 6 heteroatoms. The van der Waals surface area contributed by atoms with Gasteiger partial charge in [0.2, 0.25) is 0 Å². The molecule has 1 aromatic heterocycles. The van der Waals surface area contributed by atoms with E-state index in [-0.39, 0.29) is 5.91 Å². The van der Waals surface area contributed by atoms with E-state index >= 15 is 0 Å². The zero-order valence-electron chi connectivity index (χ0n) is 11.2. The van der Waals surface area contributed by atoms with Crippen molar-refractivity contribution in [2.75, 3.05) is 19.8 Å². The van der Waals surface area contributed by atoms with Crippen LogP contribution in [0.5, 0.6) is 11.5 Å². The molecule has 0 aliphatic carbocycles. The van der Waals surface area contributed by atoms with Gasteiger partial charge in [-0.3, -0.25) is 4.79 Å². The molecule has 0 unspecified atom stereocenters. The van der Waals surface area contributed by atoms with Crippen molar-refractivity contribution < 1.29 is 14.3 Å². The van der Waals surface area contributed by atoms with Crippen molar-refractivity contribution >= 4 is 39.8 Å². The average molecular weight is 415 g/mol. The van der Waals surface area contributed by atoms with E-state index in [0.717, 1.165) is 6.42 Å². The molecule has 0 fully saturated rings. The van der Waals surface area contributed by atoms with Crippen LogP contribution in [0.4, 0.5) is 0 Å². The summed E-state index contributed by atoms with van der Waals surface area (Å²) >= 11 is 4.05. The molecule has 1 aromatic carbocycles. The maximum atomic E-state index is 12.3. The minimum absolute atomic E-state index is 0.122. The number of carbonyl (C=O) groups excluding carboxylic acids is 1. The lowest BCUT2D eigenvalue weighted by Gasteiger charge is -2.20. The predicted molar refractivity (Wildman–Crippen MR) is 90.5 cm³/mol. The topological polar surface area (TPSA) is 47.6 Å². The summed E-state index contributed by atoms with van der Waals surface area (Å²) in [4.78, 5) is 13.5. The molecular formula is C15H14INO3S. The van der Waals surface area contributed by atoms with Crippen molar-refractivity contribution in [1.29, 1.82) is 0 Å².